The molecule has 11 heavy (non-hydrogen) atoms. The highest BCUT2D eigenvalue weighted by Gasteiger charge is 2.27. The number of nitrogens with two attached hydrogens (primary N) is 1. The van der Waals surface area contributed by atoms with Gasteiger partial charge in [-0.25, -0.2) is 0 Å². The summed E-state index contributed by atoms with van der Waals surface area (Å²) in [4.78, 5) is 11.0. The van der Waals surface area contributed by atoms with E-state index in [2.05, 4.69) is 5.32 Å². The topological polar surface area (TPSA) is 67.7 Å². The molecular formula is C7H10N2O2. The van der Waals surface area contributed by atoms with Gasteiger partial charge in [0.15, 0.2) is 5.76 Å². The predicted molar refractivity (Wildman–Crippen MR) is 38.3 cm³/mol. The van der Waals surface area contributed by atoms with E-state index in [0.29, 0.717) is 6.61 Å². The van der Waals surface area contributed by atoms with Crippen molar-refractivity contribution in [2.45, 2.75) is 18.9 Å². The molecule has 0 spiro atoms. The Hall–Kier alpha value is -1.03. The molecule has 2 rings (SSSR count). The first-order valence-corrected chi connectivity index (χ1v) is 3.68. The maximum absolute atomic E-state index is 11.0. The summed E-state index contributed by atoms with van der Waals surface area (Å²) in [6.07, 6.45) is 1.57. The highest BCUT2D eigenvalue weighted by atomic mass is 16.6. The number of piperidine rings is 1. The number of hydrogen-bond donors (Lipinski definition) is 2. The van der Waals surface area contributed by atoms with Gasteiger partial charge in [-0.2, -0.15) is 0 Å². The average molecular weight is 154 g/mol. The molecule has 0 saturated carbocycles. The molecule has 0 aromatic heterocycles. The van der Waals surface area contributed by atoms with Crippen LogP contribution in [0.4, 0.5) is 0 Å². The second-order valence-corrected chi connectivity index (χ2v) is 2.82. The van der Waals surface area contributed by atoms with E-state index in [1.807, 2.05) is 0 Å². The molecule has 0 aromatic carbocycles. The second kappa shape index (κ2) is 2.23. The molecule has 2 aliphatic rings. The van der Waals surface area contributed by atoms with Crippen LogP contribution < -0.4 is 11.1 Å². The van der Waals surface area contributed by atoms with E-state index < -0.39 is 0 Å². The lowest BCUT2D eigenvalue weighted by molar-refractivity contribution is -0.122. The Morgan fingerprint density at radius 1 is 1.64 bits per heavy atom. The van der Waals surface area contributed by atoms with Crippen LogP contribution in [0, 0.1) is 0 Å². The molecule has 1 atom stereocenters. The lowest BCUT2D eigenvalue weighted by Crippen LogP contribution is -2.44. The number of carbonyl (C=O) groups excluding carboxylic acids is 1. The average Bonchev–Trinajstić information content (AvgIpc) is 2.77. The Kier molecular flexibility index (Phi) is 1.35. The van der Waals surface area contributed by atoms with Gasteiger partial charge in [-0.1, -0.05) is 0 Å². The van der Waals surface area contributed by atoms with Gasteiger partial charge in [0, 0.05) is 0 Å². The van der Waals surface area contributed by atoms with Crippen LogP contribution in [0.25, 0.3) is 0 Å². The fraction of sp³-hybridized carbons (Fsp3) is 0.571. The summed E-state index contributed by atoms with van der Waals surface area (Å²) in [5.41, 5.74) is 6.41. The van der Waals surface area contributed by atoms with Gasteiger partial charge in [-0.15, -0.1) is 0 Å². The maximum Gasteiger partial charge on any atom is 0.241 e. The third-order valence-electron chi connectivity index (χ3n) is 1.94. The molecule has 0 bridgehead atoms. The smallest absolute Gasteiger partial charge is 0.241 e. The van der Waals surface area contributed by atoms with Crippen molar-refractivity contribution in [2.24, 2.45) is 5.73 Å². The second-order valence-electron chi connectivity index (χ2n) is 2.82. The van der Waals surface area contributed by atoms with Crippen molar-refractivity contribution in [2.75, 3.05) is 6.61 Å². The number of amides is 1. The summed E-state index contributed by atoms with van der Waals surface area (Å²) in [6.45, 7) is 0.671. The molecule has 4 nitrogen and oxygen atoms in total. The molecule has 60 valence electrons. The van der Waals surface area contributed by atoms with Crippen molar-refractivity contribution in [3.8, 4) is 0 Å². The predicted octanol–water partition coefficient (Wildman–Crippen LogP) is -0.535. The molecule has 2 heterocycles. The van der Waals surface area contributed by atoms with Crippen LogP contribution in [-0.2, 0) is 9.53 Å². The van der Waals surface area contributed by atoms with Gasteiger partial charge in [-0.3, -0.25) is 4.79 Å². The normalized spacial score (nSPS) is 36.1. The summed E-state index contributed by atoms with van der Waals surface area (Å²) in [7, 11) is 0. The van der Waals surface area contributed by atoms with E-state index in [1.165, 1.54) is 0 Å². The SMILES string of the molecule is NC1CC/C(=C2\CO2)NC1=O. The number of hydrogen-bond acceptors (Lipinski definition) is 3. The molecular weight excluding hydrogens is 144 g/mol. The van der Waals surface area contributed by atoms with Crippen LogP contribution in [0.2, 0.25) is 0 Å². The summed E-state index contributed by atoms with van der Waals surface area (Å²) in [6, 6.07) is -0.335. The molecule has 1 amide bonds. The standard InChI is InChI=1S/C7H10N2O2/c8-4-1-2-5(6-3-11-6)9-7(4)10/h4H,1-3,8H2,(H,9,10)/b6-5-. The van der Waals surface area contributed by atoms with Crippen molar-refractivity contribution in [3.63, 3.8) is 0 Å². The number of epoxide rings is 1. The highest BCUT2D eigenvalue weighted by molar-refractivity contribution is 5.84. The van der Waals surface area contributed by atoms with Gasteiger partial charge in [0.1, 0.15) is 6.61 Å². The number of nitrogens with one attached hydrogen (secondary N) is 1. The Labute approximate surface area is 64.4 Å². The van der Waals surface area contributed by atoms with Crippen molar-refractivity contribution >= 4 is 5.91 Å². The monoisotopic (exact) mass is 154 g/mol. The minimum Gasteiger partial charge on any atom is -0.484 e. The van der Waals surface area contributed by atoms with E-state index in [0.717, 1.165) is 24.3 Å². The summed E-state index contributed by atoms with van der Waals surface area (Å²) in [5.74, 6) is 0.833. The summed E-state index contributed by atoms with van der Waals surface area (Å²) < 4.78 is 4.96. The lowest BCUT2D eigenvalue weighted by atomic mass is 10.0. The van der Waals surface area contributed by atoms with Gasteiger partial charge < -0.3 is 15.8 Å². The third kappa shape index (κ3) is 1.21. The van der Waals surface area contributed by atoms with Crippen LogP contribution in [0.5, 0.6) is 0 Å². The Morgan fingerprint density at radius 2 is 2.36 bits per heavy atom. The minimum atomic E-state index is -0.335. The summed E-state index contributed by atoms with van der Waals surface area (Å²) >= 11 is 0. The summed E-state index contributed by atoms with van der Waals surface area (Å²) in [5, 5.41) is 2.72. The van der Waals surface area contributed by atoms with Crippen LogP contribution in [0.15, 0.2) is 11.5 Å². The van der Waals surface area contributed by atoms with E-state index in [1.54, 1.807) is 0 Å². The zero-order valence-corrected chi connectivity index (χ0v) is 6.09. The molecule has 2 fully saturated rings. The largest absolute Gasteiger partial charge is 0.484 e. The van der Waals surface area contributed by atoms with Crippen molar-refractivity contribution in [1.29, 1.82) is 0 Å². The fourth-order valence-electron chi connectivity index (χ4n) is 1.15. The highest BCUT2D eigenvalue weighted by Crippen LogP contribution is 2.23. The maximum atomic E-state index is 11.0. The Balaban J connectivity index is 2.09. The molecule has 1 unspecified atom stereocenters. The first-order valence-electron chi connectivity index (χ1n) is 3.68. The lowest BCUT2D eigenvalue weighted by Gasteiger charge is -2.19. The molecule has 3 N–H and O–H groups in total. The van der Waals surface area contributed by atoms with Gasteiger partial charge in [0.05, 0.1) is 11.7 Å². The van der Waals surface area contributed by atoms with Gasteiger partial charge in [0.25, 0.3) is 0 Å². The van der Waals surface area contributed by atoms with Crippen LogP contribution >= 0.6 is 0 Å². The van der Waals surface area contributed by atoms with Crippen LogP contribution in [-0.4, -0.2) is 18.6 Å². The van der Waals surface area contributed by atoms with E-state index in [9.17, 15) is 4.79 Å². The Morgan fingerprint density at radius 3 is 2.91 bits per heavy atom. The number of carbonyl (C=O) groups is 1. The molecule has 0 aliphatic carbocycles. The van der Waals surface area contributed by atoms with E-state index >= 15 is 0 Å². The molecule has 4 heteroatoms. The molecule has 0 radical (unpaired) electrons. The first-order chi connectivity index (χ1) is 5.27. The fourth-order valence-corrected chi connectivity index (χ4v) is 1.15. The first kappa shape index (κ1) is 6.67. The Bertz CT molecular complexity index is 229. The minimum absolute atomic E-state index is 0.0887. The van der Waals surface area contributed by atoms with Gasteiger partial charge >= 0.3 is 0 Å². The molecule has 2 saturated heterocycles. The van der Waals surface area contributed by atoms with E-state index in [-0.39, 0.29) is 11.9 Å². The molecule has 2 aliphatic heterocycles. The quantitative estimate of drug-likeness (QED) is 0.461. The van der Waals surface area contributed by atoms with Crippen LogP contribution in [0.3, 0.4) is 0 Å². The zero-order valence-electron chi connectivity index (χ0n) is 6.09. The van der Waals surface area contributed by atoms with Gasteiger partial charge in [-0.05, 0) is 12.8 Å². The van der Waals surface area contributed by atoms with E-state index in [4.69, 9.17) is 10.5 Å². The number of ether oxygens (including phenoxy) is 1. The molecule has 0 aromatic rings. The zero-order chi connectivity index (χ0) is 7.84. The van der Waals surface area contributed by atoms with Gasteiger partial charge in [0.2, 0.25) is 5.91 Å². The van der Waals surface area contributed by atoms with Crippen molar-refractivity contribution < 1.29 is 9.53 Å². The van der Waals surface area contributed by atoms with Crippen LogP contribution in [0.1, 0.15) is 12.8 Å². The number of allylic oxidation sites excluding steroid dienone is 1. The van der Waals surface area contributed by atoms with Crippen molar-refractivity contribution in [1.82, 2.24) is 5.32 Å². The number of rotatable bonds is 0. The van der Waals surface area contributed by atoms with Crippen molar-refractivity contribution in [3.05, 3.63) is 11.5 Å². The third-order valence-corrected chi connectivity index (χ3v) is 1.94.